The van der Waals surface area contributed by atoms with E-state index >= 15 is 0 Å². The van der Waals surface area contributed by atoms with Crippen molar-refractivity contribution in [2.45, 2.75) is 13.8 Å². The molecule has 0 saturated carbocycles. The molecule has 2 aromatic carbocycles. The summed E-state index contributed by atoms with van der Waals surface area (Å²) >= 11 is 5.86. The monoisotopic (exact) mass is 428 g/mol. The number of aromatic nitrogens is 1. The first-order chi connectivity index (χ1) is 14.5. The second-order valence-corrected chi connectivity index (χ2v) is 6.58. The Morgan fingerprint density at radius 1 is 0.967 bits per heavy atom. The van der Waals surface area contributed by atoms with Gasteiger partial charge in [-0.3, -0.25) is 4.79 Å². The molecule has 156 valence electrons. The number of esters is 1. The van der Waals surface area contributed by atoms with Crippen LogP contribution in [0.3, 0.4) is 0 Å². The molecule has 3 rings (SSSR count). The number of nitrogens with zero attached hydrogens (tertiary/aromatic N) is 1. The number of hydrogen-bond donors (Lipinski definition) is 1. The molecule has 0 spiro atoms. The van der Waals surface area contributed by atoms with Crippen molar-refractivity contribution in [3.05, 3.63) is 59.2 Å². The molecule has 7 nitrogen and oxygen atoms in total. The third-order valence-corrected chi connectivity index (χ3v) is 4.26. The molecule has 0 aliphatic rings. The van der Waals surface area contributed by atoms with Crippen LogP contribution in [-0.4, -0.2) is 36.7 Å². The van der Waals surface area contributed by atoms with Crippen LogP contribution in [0.4, 0.5) is 5.69 Å². The topological polar surface area (TPSA) is 86.8 Å². The summed E-state index contributed by atoms with van der Waals surface area (Å²) in [5.41, 5.74) is 1.49. The highest BCUT2D eigenvalue weighted by molar-refractivity contribution is 6.29. The molecule has 1 heterocycles. The first kappa shape index (κ1) is 21.4. The minimum Gasteiger partial charge on any atom is -0.490 e. The zero-order valence-electron chi connectivity index (χ0n) is 16.6. The van der Waals surface area contributed by atoms with Gasteiger partial charge in [0.2, 0.25) is 0 Å². The van der Waals surface area contributed by atoms with E-state index in [1.807, 2.05) is 13.8 Å². The Kier molecular flexibility index (Phi) is 7.08. The molecule has 0 aliphatic carbocycles. The van der Waals surface area contributed by atoms with Gasteiger partial charge in [-0.05, 0) is 56.3 Å². The number of nitrogens with one attached hydrogen (secondary N) is 1. The summed E-state index contributed by atoms with van der Waals surface area (Å²) in [4.78, 5) is 28.6. The summed E-state index contributed by atoms with van der Waals surface area (Å²) in [6, 6.07) is 13.4. The lowest BCUT2D eigenvalue weighted by atomic mass is 10.1. The van der Waals surface area contributed by atoms with Crippen molar-refractivity contribution in [2.24, 2.45) is 0 Å². The van der Waals surface area contributed by atoms with Crippen molar-refractivity contribution in [3.63, 3.8) is 0 Å². The summed E-state index contributed by atoms with van der Waals surface area (Å²) < 4.78 is 16.2. The summed E-state index contributed by atoms with van der Waals surface area (Å²) in [6.07, 6.45) is 0. The van der Waals surface area contributed by atoms with Gasteiger partial charge in [0.15, 0.2) is 18.1 Å². The van der Waals surface area contributed by atoms with Crippen LogP contribution < -0.4 is 14.8 Å². The normalized spacial score (nSPS) is 10.5. The highest BCUT2D eigenvalue weighted by Crippen LogP contribution is 2.30. The van der Waals surface area contributed by atoms with Gasteiger partial charge < -0.3 is 19.5 Å². The molecule has 0 radical (unpaired) electrons. The van der Waals surface area contributed by atoms with Gasteiger partial charge in [0, 0.05) is 17.1 Å². The molecule has 0 bridgehead atoms. The first-order valence-electron chi connectivity index (χ1n) is 9.43. The number of hydrogen-bond acceptors (Lipinski definition) is 6. The van der Waals surface area contributed by atoms with Crippen LogP contribution in [-0.2, 0) is 9.53 Å². The van der Waals surface area contributed by atoms with Crippen LogP contribution in [0.5, 0.6) is 11.5 Å². The number of fused-ring (bicyclic) bond motifs is 1. The number of pyridine rings is 1. The lowest BCUT2D eigenvalue weighted by Gasteiger charge is -2.13. The molecule has 30 heavy (non-hydrogen) atoms. The van der Waals surface area contributed by atoms with E-state index in [1.54, 1.807) is 48.5 Å². The molecule has 8 heteroatoms. The minimum atomic E-state index is -0.608. The second-order valence-electron chi connectivity index (χ2n) is 6.19. The summed E-state index contributed by atoms with van der Waals surface area (Å²) in [5.74, 6) is 0.0442. The van der Waals surface area contributed by atoms with E-state index in [1.165, 1.54) is 0 Å². The van der Waals surface area contributed by atoms with Crippen molar-refractivity contribution >= 4 is 40.1 Å². The van der Waals surface area contributed by atoms with Crippen molar-refractivity contribution in [2.75, 3.05) is 25.1 Å². The number of halogens is 1. The zero-order valence-corrected chi connectivity index (χ0v) is 17.4. The maximum Gasteiger partial charge on any atom is 0.338 e. The largest absolute Gasteiger partial charge is 0.490 e. The molecule has 1 aromatic heterocycles. The molecule has 3 aromatic rings. The Labute approximate surface area is 178 Å². The van der Waals surface area contributed by atoms with Crippen molar-refractivity contribution in [3.8, 4) is 11.5 Å². The van der Waals surface area contributed by atoms with E-state index in [0.717, 1.165) is 5.39 Å². The van der Waals surface area contributed by atoms with Gasteiger partial charge in [-0.2, -0.15) is 0 Å². The fraction of sp³-hybridized carbons (Fsp3) is 0.227. The summed E-state index contributed by atoms with van der Waals surface area (Å²) in [6.45, 7) is 4.27. The Hall–Kier alpha value is -3.32. The third-order valence-electron chi connectivity index (χ3n) is 4.05. The highest BCUT2D eigenvalue weighted by atomic mass is 35.5. The smallest absolute Gasteiger partial charge is 0.338 e. The van der Waals surface area contributed by atoms with E-state index in [9.17, 15) is 9.59 Å². The number of rotatable bonds is 8. The molecule has 0 atom stereocenters. The fourth-order valence-electron chi connectivity index (χ4n) is 2.77. The van der Waals surface area contributed by atoms with Gasteiger partial charge in [0.1, 0.15) is 5.15 Å². The van der Waals surface area contributed by atoms with E-state index in [-0.39, 0.29) is 0 Å². The molecule has 1 amide bonds. The highest BCUT2D eigenvalue weighted by Gasteiger charge is 2.13. The van der Waals surface area contributed by atoms with Crippen LogP contribution in [0.25, 0.3) is 10.9 Å². The molecule has 0 saturated heterocycles. The third kappa shape index (κ3) is 5.39. The van der Waals surface area contributed by atoms with E-state index in [0.29, 0.717) is 46.6 Å². The molecular weight excluding hydrogens is 408 g/mol. The number of carbonyl (C=O) groups excluding carboxylic acids is 2. The van der Waals surface area contributed by atoms with Gasteiger partial charge >= 0.3 is 5.97 Å². The lowest BCUT2D eigenvalue weighted by molar-refractivity contribution is -0.119. The number of benzene rings is 2. The Morgan fingerprint density at radius 2 is 1.73 bits per heavy atom. The average Bonchev–Trinajstić information content (AvgIpc) is 2.73. The predicted octanol–water partition coefficient (Wildman–Crippen LogP) is 4.48. The molecule has 1 N–H and O–H groups in total. The van der Waals surface area contributed by atoms with E-state index < -0.39 is 18.5 Å². The summed E-state index contributed by atoms with van der Waals surface area (Å²) in [7, 11) is 0. The summed E-state index contributed by atoms with van der Waals surface area (Å²) in [5, 5.41) is 3.79. The number of carbonyl (C=O) groups is 2. The number of anilines is 1. The van der Waals surface area contributed by atoms with Gasteiger partial charge in [-0.1, -0.05) is 11.6 Å². The quantitative estimate of drug-likeness (QED) is 0.420. The molecule has 0 aliphatic heterocycles. The van der Waals surface area contributed by atoms with Gasteiger partial charge in [0.25, 0.3) is 5.91 Å². The van der Waals surface area contributed by atoms with Gasteiger partial charge in [0.05, 0.1) is 24.3 Å². The van der Waals surface area contributed by atoms with Crippen LogP contribution in [0.15, 0.2) is 48.5 Å². The average molecular weight is 429 g/mol. The molecule has 0 unspecified atom stereocenters. The number of ether oxygens (including phenoxy) is 3. The Bertz CT molecular complexity index is 1070. The van der Waals surface area contributed by atoms with Crippen molar-refractivity contribution < 1.29 is 23.8 Å². The molecule has 0 fully saturated rings. The van der Waals surface area contributed by atoms with Crippen LogP contribution in [0.1, 0.15) is 24.2 Å². The minimum absolute atomic E-state index is 0.319. The maximum absolute atomic E-state index is 12.3. The SMILES string of the molecule is CCOc1ccc(NC(=O)COC(=O)c2ccc3nc(Cl)ccc3c2)cc1OCC. The van der Waals surface area contributed by atoms with E-state index in [4.69, 9.17) is 25.8 Å². The Balaban J connectivity index is 1.60. The second kappa shape index (κ2) is 9.93. The maximum atomic E-state index is 12.3. The first-order valence-corrected chi connectivity index (χ1v) is 9.81. The van der Waals surface area contributed by atoms with Crippen LogP contribution >= 0.6 is 11.6 Å². The van der Waals surface area contributed by atoms with Crippen molar-refractivity contribution in [1.82, 2.24) is 4.98 Å². The number of amides is 1. The zero-order chi connectivity index (χ0) is 21.5. The van der Waals surface area contributed by atoms with Gasteiger partial charge in [-0.15, -0.1) is 0 Å². The van der Waals surface area contributed by atoms with Crippen LogP contribution in [0.2, 0.25) is 5.15 Å². The molecular formula is C22H21ClN2O5. The van der Waals surface area contributed by atoms with Gasteiger partial charge in [-0.25, -0.2) is 9.78 Å². The van der Waals surface area contributed by atoms with Crippen molar-refractivity contribution in [1.29, 1.82) is 0 Å². The lowest BCUT2D eigenvalue weighted by Crippen LogP contribution is -2.21. The standard InChI is InChI=1S/C22H21ClN2O5/c1-3-28-18-9-7-16(12-19(18)29-4-2)24-21(26)13-30-22(27)15-5-8-17-14(11-15)6-10-20(23)25-17/h5-12H,3-4,13H2,1-2H3,(H,24,26). The predicted molar refractivity (Wildman–Crippen MR) is 114 cm³/mol. The Morgan fingerprint density at radius 3 is 2.50 bits per heavy atom. The fourth-order valence-corrected chi connectivity index (χ4v) is 2.92. The van der Waals surface area contributed by atoms with Crippen LogP contribution in [0, 0.1) is 0 Å². The van der Waals surface area contributed by atoms with E-state index in [2.05, 4.69) is 10.3 Å².